The molecule has 0 saturated carbocycles. The molecular weight excluding hydrogens is 820 g/mol. The Balaban J connectivity index is 1.29. The van der Waals surface area contributed by atoms with Gasteiger partial charge in [-0.25, -0.2) is 4.68 Å². The van der Waals surface area contributed by atoms with Crippen LogP contribution in [0, 0.1) is 0 Å². The molecule has 0 spiro atoms. The maximum absolute atomic E-state index is 13.4. The Bertz CT molecular complexity index is 1300. The van der Waals surface area contributed by atoms with E-state index in [9.17, 15) is 8.76 Å². The van der Waals surface area contributed by atoms with Gasteiger partial charge in [0.2, 0.25) is 0 Å². The molecular formula is C46H83FN3O11P. The first-order chi connectivity index (χ1) is 30.5. The summed E-state index contributed by atoms with van der Waals surface area (Å²) in [5.74, 6) is 0.914. The van der Waals surface area contributed by atoms with Crippen LogP contribution in [-0.4, -0.2) is 133 Å². The summed E-state index contributed by atoms with van der Waals surface area (Å²) < 4.78 is 80.8. The van der Waals surface area contributed by atoms with Gasteiger partial charge in [-0.05, 0) is 31.0 Å². The molecule has 0 bridgehead atoms. The normalized spacial score (nSPS) is 12.6. The number of aromatic nitrogens is 3. The Hall–Kier alpha value is -2.04. The number of hydrogen-bond acceptors (Lipinski definition) is 13. The van der Waals surface area contributed by atoms with E-state index in [4.69, 9.17) is 42.6 Å². The Morgan fingerprint density at radius 2 is 0.919 bits per heavy atom. The van der Waals surface area contributed by atoms with Crippen molar-refractivity contribution in [3.05, 3.63) is 41.7 Å². The number of hydrogen-bond donors (Lipinski definition) is 0. The fraction of sp³-hybridized carbons (Fsp3) is 0.826. The molecule has 0 N–H and O–H groups in total. The van der Waals surface area contributed by atoms with Crippen LogP contribution in [-0.2, 0) is 60.1 Å². The smallest absolute Gasteiger partial charge is 0.369 e. The predicted octanol–water partition coefficient (Wildman–Crippen LogP) is 9.80. The highest BCUT2D eigenvalue weighted by Crippen LogP contribution is 2.47. The van der Waals surface area contributed by atoms with Crippen molar-refractivity contribution in [1.82, 2.24) is 15.0 Å². The third-order valence-corrected chi connectivity index (χ3v) is 11.2. The number of ether oxygens (including phenoxy) is 9. The summed E-state index contributed by atoms with van der Waals surface area (Å²) in [6, 6.07) is 8.24. The van der Waals surface area contributed by atoms with Gasteiger partial charge in [0.1, 0.15) is 11.4 Å². The molecule has 0 radical (unpaired) electrons. The molecule has 1 aromatic carbocycles. The number of rotatable bonds is 48. The number of unbranched alkanes of at least 4 members (excludes halogenated alkanes) is 15. The molecule has 360 valence electrons. The molecule has 2 rings (SSSR count). The van der Waals surface area contributed by atoms with Gasteiger partial charge in [0.25, 0.3) is 0 Å². The van der Waals surface area contributed by atoms with Crippen LogP contribution in [0.1, 0.15) is 128 Å². The second-order valence-electron chi connectivity index (χ2n) is 15.3. The lowest BCUT2D eigenvalue weighted by molar-refractivity contribution is -0.0234. The van der Waals surface area contributed by atoms with Gasteiger partial charge in [0.15, 0.2) is 0 Å². The number of nitrogens with zero attached hydrogens (tertiary/aromatic N) is 3. The van der Waals surface area contributed by atoms with Crippen LogP contribution in [0.4, 0.5) is 4.20 Å². The monoisotopic (exact) mass is 904 g/mol. The van der Waals surface area contributed by atoms with E-state index in [0.29, 0.717) is 99.0 Å². The largest absolute Gasteiger partial charge is 0.494 e. The molecule has 1 heterocycles. The summed E-state index contributed by atoms with van der Waals surface area (Å²) in [5.41, 5.74) is 1.92. The van der Waals surface area contributed by atoms with Crippen LogP contribution in [0.5, 0.6) is 5.75 Å². The second-order valence-corrected chi connectivity index (χ2v) is 17.2. The van der Waals surface area contributed by atoms with E-state index in [0.717, 1.165) is 30.0 Å². The minimum Gasteiger partial charge on any atom is -0.494 e. The zero-order valence-electron chi connectivity index (χ0n) is 38.5. The summed E-state index contributed by atoms with van der Waals surface area (Å²) in [6.07, 6.45) is 23.6. The van der Waals surface area contributed by atoms with Crippen molar-refractivity contribution in [2.45, 2.75) is 130 Å². The summed E-state index contributed by atoms with van der Waals surface area (Å²) in [7, 11) is -4.03. The van der Waals surface area contributed by atoms with Crippen LogP contribution in [0.25, 0.3) is 0 Å². The molecule has 14 nitrogen and oxygen atoms in total. The van der Waals surface area contributed by atoms with E-state index in [1.165, 1.54) is 96.3 Å². The minimum atomic E-state index is -4.03. The van der Waals surface area contributed by atoms with Crippen molar-refractivity contribution in [2.75, 3.05) is 118 Å². The molecule has 0 fully saturated rings. The van der Waals surface area contributed by atoms with E-state index in [2.05, 4.69) is 33.9 Å². The van der Waals surface area contributed by atoms with Crippen LogP contribution in [0.3, 0.4) is 0 Å². The van der Waals surface area contributed by atoms with E-state index < -0.39 is 7.68 Å². The standard InChI is InChI=1S/C46H83FN3O11P/c1-3-5-6-7-8-9-10-11-12-13-14-15-16-17-18-19-24-60-46-22-20-44(21-23-46)41-50-42-45(48-49-50)43-59-38-37-57-34-33-55-30-29-53-26-25-52-27-28-54-31-32-56-35-36-58-39-40-62(47,51)61-4-2/h20-23,42H,3-19,24-41,43H2,1-2H3. The van der Waals surface area contributed by atoms with Gasteiger partial charge in [-0.1, -0.05) is 121 Å². The molecule has 1 atom stereocenters. The minimum absolute atomic E-state index is 0.0241. The summed E-state index contributed by atoms with van der Waals surface area (Å²) >= 11 is 0. The SMILES string of the molecule is CCCCCCCCCCCCCCCCCCOc1ccc(Cn2cc(COCCOCCOCCOCCOCCOCCOCCOCCP(=O)(F)OCC)nn2)cc1. The molecule has 0 aliphatic carbocycles. The van der Waals surface area contributed by atoms with Crippen molar-refractivity contribution in [2.24, 2.45) is 0 Å². The fourth-order valence-electron chi connectivity index (χ4n) is 6.35. The quantitative estimate of drug-likeness (QED) is 0.0460. The first-order valence-electron chi connectivity index (χ1n) is 23.7. The van der Waals surface area contributed by atoms with Crippen LogP contribution >= 0.6 is 7.68 Å². The van der Waals surface area contributed by atoms with Crippen molar-refractivity contribution in [1.29, 1.82) is 0 Å². The maximum Gasteiger partial charge on any atom is 0.369 e. The third kappa shape index (κ3) is 35.3. The molecule has 1 aromatic heterocycles. The van der Waals surface area contributed by atoms with Gasteiger partial charge in [-0.2, -0.15) is 4.20 Å². The Kier molecular flexibility index (Phi) is 37.7. The van der Waals surface area contributed by atoms with E-state index in [1.54, 1.807) is 6.92 Å². The topological polar surface area (TPSA) is 140 Å². The van der Waals surface area contributed by atoms with Crippen molar-refractivity contribution < 1.29 is 55.9 Å². The van der Waals surface area contributed by atoms with E-state index in [1.807, 2.05) is 23.0 Å². The van der Waals surface area contributed by atoms with Crippen molar-refractivity contribution in [3.63, 3.8) is 0 Å². The van der Waals surface area contributed by atoms with Crippen molar-refractivity contribution >= 4 is 7.68 Å². The summed E-state index contributed by atoms with van der Waals surface area (Å²) in [5, 5.41) is 8.47. The van der Waals surface area contributed by atoms with Crippen LogP contribution in [0.2, 0.25) is 0 Å². The predicted molar refractivity (Wildman–Crippen MR) is 241 cm³/mol. The molecule has 0 aliphatic heterocycles. The highest BCUT2D eigenvalue weighted by Gasteiger charge is 2.20. The average Bonchev–Trinajstić information content (AvgIpc) is 3.72. The first-order valence-corrected chi connectivity index (χ1v) is 25.4. The zero-order valence-corrected chi connectivity index (χ0v) is 39.4. The molecule has 0 aliphatic rings. The molecule has 0 saturated heterocycles. The molecule has 1 unspecified atom stereocenters. The highest BCUT2D eigenvalue weighted by molar-refractivity contribution is 7.53. The van der Waals surface area contributed by atoms with Gasteiger partial charge in [-0.3, -0.25) is 4.57 Å². The zero-order chi connectivity index (χ0) is 44.3. The lowest BCUT2D eigenvalue weighted by Crippen LogP contribution is -2.15. The second kappa shape index (κ2) is 41.7. The van der Waals surface area contributed by atoms with Gasteiger partial charge >= 0.3 is 7.68 Å². The lowest BCUT2D eigenvalue weighted by Gasteiger charge is -2.09. The molecule has 16 heteroatoms. The van der Waals surface area contributed by atoms with Crippen molar-refractivity contribution in [3.8, 4) is 5.75 Å². The average molecular weight is 904 g/mol. The third-order valence-electron chi connectivity index (χ3n) is 9.80. The summed E-state index contributed by atoms with van der Waals surface area (Å²) in [6.45, 7) is 11.9. The number of benzene rings is 1. The Labute approximate surface area is 373 Å². The van der Waals surface area contributed by atoms with E-state index >= 15 is 0 Å². The van der Waals surface area contributed by atoms with Crippen LogP contribution in [0.15, 0.2) is 30.5 Å². The van der Waals surface area contributed by atoms with Gasteiger partial charge < -0.3 is 47.2 Å². The number of halogens is 1. The highest BCUT2D eigenvalue weighted by atomic mass is 31.2. The fourth-order valence-corrected chi connectivity index (χ4v) is 7.21. The van der Waals surface area contributed by atoms with Gasteiger partial charge in [0.05, 0.1) is 138 Å². The van der Waals surface area contributed by atoms with Gasteiger partial charge in [-0.15, -0.1) is 5.10 Å². The molecule has 62 heavy (non-hydrogen) atoms. The van der Waals surface area contributed by atoms with Crippen LogP contribution < -0.4 is 4.74 Å². The lowest BCUT2D eigenvalue weighted by atomic mass is 10.0. The Morgan fingerprint density at radius 1 is 0.516 bits per heavy atom. The maximum atomic E-state index is 13.4. The molecule has 0 amide bonds. The summed E-state index contributed by atoms with van der Waals surface area (Å²) in [4.78, 5) is 0. The van der Waals surface area contributed by atoms with Gasteiger partial charge in [0, 0.05) is 0 Å². The first kappa shape index (κ1) is 56.1. The molecule has 2 aromatic rings. The van der Waals surface area contributed by atoms with E-state index in [-0.39, 0.29) is 26.0 Å². The Morgan fingerprint density at radius 3 is 1.35 bits per heavy atom.